The zero-order valence-corrected chi connectivity index (χ0v) is 11.2. The van der Waals surface area contributed by atoms with Crippen LogP contribution in [-0.4, -0.2) is 60.1 Å². The molecule has 3 rings (SSSR count). The Morgan fingerprint density at radius 3 is 2.67 bits per heavy atom. The summed E-state index contributed by atoms with van der Waals surface area (Å²) < 4.78 is 0. The second-order valence-corrected chi connectivity index (χ2v) is 5.44. The summed E-state index contributed by atoms with van der Waals surface area (Å²) in [5, 5.41) is 3.98. The minimum atomic E-state index is 0.642. The maximum atomic E-state index is 6.10. The van der Waals surface area contributed by atoms with Crippen molar-refractivity contribution < 1.29 is 0 Å². The molecule has 0 atom stereocenters. The number of nitrogens with zero attached hydrogens (tertiary/aromatic N) is 3. The lowest BCUT2D eigenvalue weighted by Gasteiger charge is -2.43. The van der Waals surface area contributed by atoms with Crippen molar-refractivity contribution in [2.24, 2.45) is 0 Å². The fourth-order valence-electron chi connectivity index (χ4n) is 2.60. The van der Waals surface area contributed by atoms with Gasteiger partial charge in [0.1, 0.15) is 5.15 Å². The molecule has 1 aromatic rings. The van der Waals surface area contributed by atoms with Crippen LogP contribution in [0.4, 0.5) is 0 Å². The van der Waals surface area contributed by atoms with Crippen molar-refractivity contribution in [3.8, 4) is 0 Å². The molecule has 98 valence electrons. The van der Waals surface area contributed by atoms with Gasteiger partial charge in [0.15, 0.2) is 0 Å². The molecule has 2 saturated heterocycles. The monoisotopic (exact) mass is 266 g/mol. The molecule has 0 amide bonds. The molecule has 2 aliphatic rings. The molecule has 2 fully saturated rings. The number of hydrogen-bond acceptors (Lipinski definition) is 4. The maximum Gasteiger partial charge on any atom is 0.133 e. The predicted octanol–water partition coefficient (Wildman–Crippen LogP) is 0.824. The van der Waals surface area contributed by atoms with Crippen LogP contribution < -0.4 is 5.32 Å². The third-order valence-corrected chi connectivity index (χ3v) is 4.25. The van der Waals surface area contributed by atoms with E-state index >= 15 is 0 Å². The van der Waals surface area contributed by atoms with E-state index in [0.717, 1.165) is 44.3 Å². The molecule has 4 nitrogen and oxygen atoms in total. The summed E-state index contributed by atoms with van der Waals surface area (Å²) in [4.78, 5) is 9.19. The minimum absolute atomic E-state index is 0.642. The van der Waals surface area contributed by atoms with Crippen LogP contribution in [-0.2, 0) is 6.54 Å². The SMILES string of the molecule is Clc1ncccc1CN1CCN(C2CNC2)CC1. The Kier molecular flexibility index (Phi) is 3.80. The first-order chi connectivity index (χ1) is 8.83. The summed E-state index contributed by atoms with van der Waals surface area (Å²) in [5.74, 6) is 0. The number of pyridine rings is 1. The number of nitrogens with one attached hydrogen (secondary N) is 1. The van der Waals surface area contributed by atoms with E-state index in [2.05, 4.69) is 26.2 Å². The summed E-state index contributed by atoms with van der Waals surface area (Å²) in [6, 6.07) is 4.80. The molecule has 0 radical (unpaired) electrons. The Hall–Kier alpha value is -0.680. The molecule has 1 N–H and O–H groups in total. The van der Waals surface area contributed by atoms with Crippen molar-refractivity contribution >= 4 is 11.6 Å². The van der Waals surface area contributed by atoms with Crippen LogP contribution in [0.15, 0.2) is 18.3 Å². The van der Waals surface area contributed by atoms with Crippen molar-refractivity contribution in [3.63, 3.8) is 0 Å². The van der Waals surface area contributed by atoms with Gasteiger partial charge >= 0.3 is 0 Å². The number of rotatable bonds is 3. The van der Waals surface area contributed by atoms with Crippen molar-refractivity contribution in [2.45, 2.75) is 12.6 Å². The van der Waals surface area contributed by atoms with E-state index in [1.807, 2.05) is 6.07 Å². The minimum Gasteiger partial charge on any atom is -0.314 e. The molecule has 18 heavy (non-hydrogen) atoms. The Balaban J connectivity index is 1.52. The average Bonchev–Trinajstić information content (AvgIpc) is 2.32. The van der Waals surface area contributed by atoms with E-state index in [0.29, 0.717) is 5.15 Å². The van der Waals surface area contributed by atoms with Crippen LogP contribution in [0, 0.1) is 0 Å². The van der Waals surface area contributed by atoms with Crippen molar-refractivity contribution in [3.05, 3.63) is 29.0 Å². The molecule has 0 spiro atoms. The van der Waals surface area contributed by atoms with Crippen molar-refractivity contribution in [1.29, 1.82) is 0 Å². The van der Waals surface area contributed by atoms with Crippen LogP contribution in [0.1, 0.15) is 5.56 Å². The van der Waals surface area contributed by atoms with Crippen LogP contribution in [0.5, 0.6) is 0 Å². The average molecular weight is 267 g/mol. The molecule has 3 heterocycles. The first-order valence-corrected chi connectivity index (χ1v) is 6.97. The van der Waals surface area contributed by atoms with Gasteiger partial charge in [-0.15, -0.1) is 0 Å². The zero-order valence-electron chi connectivity index (χ0n) is 10.5. The van der Waals surface area contributed by atoms with Crippen LogP contribution >= 0.6 is 11.6 Å². The Labute approximate surface area is 113 Å². The summed E-state index contributed by atoms with van der Waals surface area (Å²) in [6.07, 6.45) is 1.74. The van der Waals surface area contributed by atoms with Gasteiger partial charge in [-0.1, -0.05) is 17.7 Å². The summed E-state index contributed by atoms with van der Waals surface area (Å²) in [7, 11) is 0. The second-order valence-electron chi connectivity index (χ2n) is 5.08. The molecule has 1 aromatic heterocycles. The third kappa shape index (κ3) is 2.67. The number of aromatic nitrogens is 1. The lowest BCUT2D eigenvalue weighted by Crippen LogP contribution is -2.61. The van der Waals surface area contributed by atoms with Gasteiger partial charge in [0, 0.05) is 63.6 Å². The van der Waals surface area contributed by atoms with Crippen LogP contribution in [0.3, 0.4) is 0 Å². The van der Waals surface area contributed by atoms with E-state index in [4.69, 9.17) is 11.6 Å². The van der Waals surface area contributed by atoms with Crippen LogP contribution in [0.2, 0.25) is 5.15 Å². The van der Waals surface area contributed by atoms with Gasteiger partial charge in [0.05, 0.1) is 0 Å². The molecule has 5 heteroatoms. The summed E-state index contributed by atoms with van der Waals surface area (Å²) in [6.45, 7) is 7.84. The summed E-state index contributed by atoms with van der Waals surface area (Å²) >= 11 is 6.10. The van der Waals surface area contributed by atoms with Crippen LogP contribution in [0.25, 0.3) is 0 Å². The largest absolute Gasteiger partial charge is 0.314 e. The lowest BCUT2D eigenvalue weighted by molar-refractivity contribution is 0.0695. The van der Waals surface area contributed by atoms with Crippen molar-refractivity contribution in [1.82, 2.24) is 20.1 Å². The summed E-state index contributed by atoms with van der Waals surface area (Å²) in [5.41, 5.74) is 1.14. The lowest BCUT2D eigenvalue weighted by atomic mass is 10.1. The molecule has 0 saturated carbocycles. The van der Waals surface area contributed by atoms with E-state index in [9.17, 15) is 0 Å². The van der Waals surface area contributed by atoms with Gasteiger partial charge in [-0.25, -0.2) is 4.98 Å². The predicted molar refractivity (Wildman–Crippen MR) is 72.8 cm³/mol. The Morgan fingerprint density at radius 1 is 1.28 bits per heavy atom. The zero-order chi connectivity index (χ0) is 12.4. The molecule has 0 unspecified atom stereocenters. The molecule has 2 aliphatic heterocycles. The highest BCUT2D eigenvalue weighted by Gasteiger charge is 2.27. The maximum absolute atomic E-state index is 6.10. The Morgan fingerprint density at radius 2 is 2.06 bits per heavy atom. The van der Waals surface area contributed by atoms with Crippen molar-refractivity contribution in [2.75, 3.05) is 39.3 Å². The smallest absolute Gasteiger partial charge is 0.133 e. The topological polar surface area (TPSA) is 31.4 Å². The van der Waals surface area contributed by atoms with E-state index in [-0.39, 0.29) is 0 Å². The van der Waals surface area contributed by atoms with Gasteiger partial charge in [-0.2, -0.15) is 0 Å². The molecular weight excluding hydrogens is 248 g/mol. The molecule has 0 bridgehead atoms. The standard InChI is InChI=1S/C13H19ClN4/c14-13-11(2-1-3-16-13)10-17-4-6-18(7-5-17)12-8-15-9-12/h1-3,12,15H,4-10H2. The quantitative estimate of drug-likeness (QED) is 0.821. The van der Waals surface area contributed by atoms with E-state index in [1.54, 1.807) is 6.20 Å². The van der Waals surface area contributed by atoms with Gasteiger partial charge < -0.3 is 5.32 Å². The first kappa shape index (κ1) is 12.4. The molecular formula is C13H19ClN4. The van der Waals surface area contributed by atoms with Gasteiger partial charge in [-0.3, -0.25) is 9.80 Å². The van der Waals surface area contributed by atoms with Gasteiger partial charge in [0.25, 0.3) is 0 Å². The second kappa shape index (κ2) is 5.53. The fourth-order valence-corrected chi connectivity index (χ4v) is 2.78. The number of hydrogen-bond donors (Lipinski definition) is 1. The van der Waals surface area contributed by atoms with E-state index in [1.165, 1.54) is 13.1 Å². The number of halogens is 1. The molecule has 0 aliphatic carbocycles. The highest BCUT2D eigenvalue weighted by Crippen LogP contribution is 2.16. The third-order valence-electron chi connectivity index (χ3n) is 3.91. The molecule has 0 aromatic carbocycles. The highest BCUT2D eigenvalue weighted by atomic mass is 35.5. The van der Waals surface area contributed by atoms with Gasteiger partial charge in [-0.05, 0) is 6.07 Å². The normalized spacial score (nSPS) is 22.9. The van der Waals surface area contributed by atoms with E-state index < -0.39 is 0 Å². The fraction of sp³-hybridized carbons (Fsp3) is 0.615. The Bertz CT molecular complexity index is 400. The number of piperazine rings is 1. The highest BCUT2D eigenvalue weighted by molar-refractivity contribution is 6.30. The first-order valence-electron chi connectivity index (χ1n) is 6.59. The van der Waals surface area contributed by atoms with Gasteiger partial charge in [0.2, 0.25) is 0 Å².